The molecule has 1 unspecified atom stereocenters. The minimum Gasteiger partial charge on any atom is -0.445 e. The van der Waals surface area contributed by atoms with Crippen molar-refractivity contribution in [2.45, 2.75) is 89.7 Å². The fraction of sp³-hybridized carbons (Fsp3) is 0.306. The van der Waals surface area contributed by atoms with Gasteiger partial charge in [0.25, 0.3) is 0 Å². The van der Waals surface area contributed by atoms with Crippen LogP contribution in [0.3, 0.4) is 0 Å². The first-order chi connectivity index (χ1) is 29.8. The first-order valence-corrected chi connectivity index (χ1v) is 20.8. The van der Waals surface area contributed by atoms with Crippen LogP contribution in [0.4, 0.5) is 15.3 Å². The van der Waals surface area contributed by atoms with Crippen LogP contribution in [0.25, 0.3) is 0 Å². The number of hydrogen-bond donors (Lipinski definition) is 8. The number of urea groups is 1. The largest absolute Gasteiger partial charge is 0.445 e. The standard InChI is InChI=1S/C49H56N6O7/c1-49(2,3)44(55-48(61)62-31-35-17-9-5-10-18-35)46(59)53-39(27-32-15-7-4-8-16-32)43(57)42(45(58)54-41-38-22-14-13-19-36(38)28-40(41)56)50-29-33-23-25-34(26-24-33)30-51-47(60)52-37-20-11-6-12-21-37/h4-26,39-44,50,56-57H,27-31H2,1-3H3,(H,53,59)(H,54,58)(H,55,61)(H2,51,52,60)/t39-,40?,41-,42+,43+,44+/m0/s1. The van der Waals surface area contributed by atoms with E-state index in [1.807, 2.05) is 127 Å². The zero-order valence-electron chi connectivity index (χ0n) is 35.2. The Kier molecular flexibility index (Phi) is 15.5. The molecule has 5 amide bonds. The normalized spacial score (nSPS) is 16.4. The van der Waals surface area contributed by atoms with Gasteiger partial charge in [0, 0.05) is 25.2 Å². The van der Waals surface area contributed by atoms with Gasteiger partial charge in [0.2, 0.25) is 11.8 Å². The zero-order valence-corrected chi connectivity index (χ0v) is 35.2. The zero-order chi connectivity index (χ0) is 44.1. The van der Waals surface area contributed by atoms with Gasteiger partial charge in [0.1, 0.15) is 18.7 Å². The minimum atomic E-state index is -1.51. The van der Waals surface area contributed by atoms with Crippen molar-refractivity contribution >= 4 is 29.6 Å². The summed E-state index contributed by atoms with van der Waals surface area (Å²) < 4.78 is 5.46. The molecule has 0 bridgehead atoms. The predicted molar refractivity (Wildman–Crippen MR) is 237 cm³/mol. The summed E-state index contributed by atoms with van der Waals surface area (Å²) in [5, 5.41) is 41.0. The average Bonchev–Trinajstić information content (AvgIpc) is 3.58. The predicted octanol–water partition coefficient (Wildman–Crippen LogP) is 5.67. The van der Waals surface area contributed by atoms with Crippen molar-refractivity contribution in [1.29, 1.82) is 0 Å². The number of carbonyl (C=O) groups is 4. The average molecular weight is 841 g/mol. The molecule has 0 fully saturated rings. The van der Waals surface area contributed by atoms with Crippen molar-refractivity contribution in [3.05, 3.63) is 173 Å². The maximum absolute atomic E-state index is 14.4. The van der Waals surface area contributed by atoms with Crippen molar-refractivity contribution in [2.75, 3.05) is 5.32 Å². The van der Waals surface area contributed by atoms with Gasteiger partial charge in [-0.25, -0.2) is 9.59 Å². The summed E-state index contributed by atoms with van der Waals surface area (Å²) >= 11 is 0. The molecule has 0 aliphatic heterocycles. The fourth-order valence-electron chi connectivity index (χ4n) is 7.42. The van der Waals surface area contributed by atoms with Gasteiger partial charge in [-0.2, -0.15) is 0 Å². The van der Waals surface area contributed by atoms with Crippen LogP contribution in [0, 0.1) is 5.41 Å². The summed E-state index contributed by atoms with van der Waals surface area (Å²) in [6.07, 6.45) is -2.67. The van der Waals surface area contributed by atoms with E-state index < -0.39 is 59.7 Å². The Bertz CT molecular complexity index is 2240. The number of anilines is 1. The molecule has 1 aliphatic carbocycles. The number of aliphatic hydroxyl groups is 2. The molecule has 0 radical (unpaired) electrons. The van der Waals surface area contributed by atoms with Crippen LogP contribution in [-0.4, -0.2) is 64.5 Å². The summed E-state index contributed by atoms with van der Waals surface area (Å²) in [7, 11) is 0. The third-order valence-electron chi connectivity index (χ3n) is 10.8. The quantitative estimate of drug-likeness (QED) is 0.0588. The van der Waals surface area contributed by atoms with Crippen molar-refractivity contribution < 1.29 is 34.1 Å². The second-order valence-electron chi connectivity index (χ2n) is 16.6. The number of amides is 5. The number of hydrogen-bond acceptors (Lipinski definition) is 8. The number of ether oxygens (including phenoxy) is 1. The Labute approximate surface area is 362 Å². The van der Waals surface area contributed by atoms with E-state index in [9.17, 15) is 29.4 Å². The second kappa shape index (κ2) is 21.3. The van der Waals surface area contributed by atoms with Gasteiger partial charge in [-0.3, -0.25) is 14.9 Å². The van der Waals surface area contributed by atoms with E-state index in [0.29, 0.717) is 12.1 Å². The van der Waals surface area contributed by atoms with Gasteiger partial charge in [-0.15, -0.1) is 0 Å². The van der Waals surface area contributed by atoms with E-state index in [1.54, 1.807) is 32.9 Å². The molecule has 0 aromatic heterocycles. The first kappa shape index (κ1) is 45.0. The smallest absolute Gasteiger partial charge is 0.408 e. The summed E-state index contributed by atoms with van der Waals surface area (Å²) in [5.41, 5.74) is 4.80. The third-order valence-corrected chi connectivity index (χ3v) is 10.8. The first-order valence-electron chi connectivity index (χ1n) is 20.8. The highest BCUT2D eigenvalue weighted by atomic mass is 16.5. The lowest BCUT2D eigenvalue weighted by molar-refractivity contribution is -0.131. The maximum atomic E-state index is 14.4. The molecule has 0 saturated carbocycles. The molecular formula is C49H56N6O7. The third kappa shape index (κ3) is 12.7. The Morgan fingerprint density at radius 3 is 1.92 bits per heavy atom. The van der Waals surface area contributed by atoms with Crippen LogP contribution < -0.4 is 31.9 Å². The Morgan fingerprint density at radius 2 is 1.27 bits per heavy atom. The van der Waals surface area contributed by atoms with Crippen LogP contribution in [0.15, 0.2) is 140 Å². The molecule has 0 spiro atoms. The molecule has 13 heteroatoms. The Hall–Kier alpha value is -6.54. The van der Waals surface area contributed by atoms with E-state index in [-0.39, 0.29) is 32.1 Å². The van der Waals surface area contributed by atoms with Gasteiger partial charge in [0.05, 0.1) is 24.3 Å². The van der Waals surface area contributed by atoms with Gasteiger partial charge in [-0.05, 0) is 57.3 Å². The van der Waals surface area contributed by atoms with Gasteiger partial charge in [-0.1, -0.05) is 148 Å². The molecule has 324 valence electrons. The fourth-order valence-corrected chi connectivity index (χ4v) is 7.42. The second-order valence-corrected chi connectivity index (χ2v) is 16.6. The lowest BCUT2D eigenvalue weighted by atomic mass is 9.85. The number of benzene rings is 5. The Balaban J connectivity index is 1.20. The molecule has 13 nitrogen and oxygen atoms in total. The van der Waals surface area contributed by atoms with Crippen LogP contribution >= 0.6 is 0 Å². The van der Waals surface area contributed by atoms with E-state index in [1.165, 1.54) is 0 Å². The number of para-hydroxylation sites is 1. The minimum absolute atomic E-state index is 0.00859. The number of nitrogens with one attached hydrogen (secondary N) is 6. The molecule has 1 aliphatic rings. The molecule has 0 saturated heterocycles. The molecule has 5 aromatic carbocycles. The van der Waals surface area contributed by atoms with E-state index in [0.717, 1.165) is 33.4 Å². The molecule has 8 N–H and O–H groups in total. The lowest BCUT2D eigenvalue weighted by Gasteiger charge is -2.35. The van der Waals surface area contributed by atoms with Crippen molar-refractivity contribution in [3.8, 4) is 0 Å². The number of aliphatic hydroxyl groups excluding tert-OH is 2. The summed E-state index contributed by atoms with van der Waals surface area (Å²) in [4.78, 5) is 54.3. The van der Waals surface area contributed by atoms with Gasteiger partial charge in [0.15, 0.2) is 0 Å². The number of rotatable bonds is 17. The topological polar surface area (TPSA) is 190 Å². The molecule has 5 aromatic rings. The molecular weight excluding hydrogens is 785 g/mol. The summed E-state index contributed by atoms with van der Waals surface area (Å²) in [5.74, 6) is -1.15. The van der Waals surface area contributed by atoms with Crippen molar-refractivity contribution in [1.82, 2.24) is 26.6 Å². The highest BCUT2D eigenvalue weighted by Crippen LogP contribution is 2.31. The van der Waals surface area contributed by atoms with E-state index in [4.69, 9.17) is 4.74 Å². The van der Waals surface area contributed by atoms with Crippen LogP contribution in [0.2, 0.25) is 0 Å². The van der Waals surface area contributed by atoms with Crippen LogP contribution in [0.5, 0.6) is 0 Å². The molecule has 62 heavy (non-hydrogen) atoms. The van der Waals surface area contributed by atoms with Crippen LogP contribution in [0.1, 0.15) is 60.2 Å². The molecule has 6 atom stereocenters. The lowest BCUT2D eigenvalue weighted by Crippen LogP contribution is -2.62. The summed E-state index contributed by atoms with van der Waals surface area (Å²) in [6, 6.07) is 38.1. The number of fused-ring (bicyclic) bond motifs is 1. The highest BCUT2D eigenvalue weighted by Gasteiger charge is 2.40. The Morgan fingerprint density at radius 1 is 0.694 bits per heavy atom. The number of carbonyl (C=O) groups excluding carboxylic acids is 4. The van der Waals surface area contributed by atoms with E-state index >= 15 is 0 Å². The van der Waals surface area contributed by atoms with Crippen molar-refractivity contribution in [2.24, 2.45) is 5.41 Å². The highest BCUT2D eigenvalue weighted by molar-refractivity contribution is 5.89. The monoisotopic (exact) mass is 840 g/mol. The maximum Gasteiger partial charge on any atom is 0.408 e. The van der Waals surface area contributed by atoms with E-state index in [2.05, 4.69) is 31.9 Å². The SMILES string of the molecule is CC(C)(C)[C@H](NC(=O)OCc1ccccc1)C(=O)N[C@@H](Cc1ccccc1)[C@@H](O)[C@@H](NCc1ccc(CNC(=O)Nc2ccccc2)cc1)C(=O)N[C@H]1c2ccccc2CC1O. The molecule has 6 rings (SSSR count). The van der Waals surface area contributed by atoms with Crippen LogP contribution in [-0.2, 0) is 46.9 Å². The van der Waals surface area contributed by atoms with Gasteiger partial charge >= 0.3 is 12.1 Å². The van der Waals surface area contributed by atoms with Gasteiger partial charge < -0.3 is 41.5 Å². The summed E-state index contributed by atoms with van der Waals surface area (Å²) in [6.45, 7) is 5.85. The van der Waals surface area contributed by atoms with Crippen molar-refractivity contribution in [3.63, 3.8) is 0 Å². The number of alkyl carbamates (subject to hydrolysis) is 1. The molecule has 0 heterocycles.